The Morgan fingerprint density at radius 2 is 1.16 bits per heavy atom. The van der Waals surface area contributed by atoms with Gasteiger partial charge in [0.15, 0.2) is 5.13 Å². The molecule has 7 rings (SSSR count). The molecule has 7 aromatic rings. The first kappa shape index (κ1) is 51.1. The molecule has 16 nitrogen and oxygen atoms in total. The van der Waals surface area contributed by atoms with E-state index in [0.29, 0.717) is 39.1 Å². The molecule has 0 saturated heterocycles. The summed E-state index contributed by atoms with van der Waals surface area (Å²) in [6.07, 6.45) is 5.02. The fourth-order valence-electron chi connectivity index (χ4n) is 3.51. The summed E-state index contributed by atoms with van der Waals surface area (Å²) in [6.45, 7) is 13.4. The number of nitrogens with zero attached hydrogens (tertiary/aromatic N) is 7. The third-order valence-corrected chi connectivity index (χ3v) is 8.26. The quantitative estimate of drug-likeness (QED) is 0.0857. The number of hydrogen-bond donors (Lipinski definition) is 8. The van der Waals surface area contributed by atoms with Gasteiger partial charge in [0.1, 0.15) is 29.1 Å². The number of aromatic nitrogens is 7. The minimum Gasteiger partial charge on any atom is -0.384 e. The number of carbonyl (C=O) groups excluding carboxylic acids is 1. The molecule has 0 aromatic carbocycles. The maximum atomic E-state index is 10.4. The van der Waals surface area contributed by atoms with Crippen molar-refractivity contribution in [2.75, 3.05) is 40.1 Å². The first-order valence-corrected chi connectivity index (χ1v) is 18.7. The lowest BCUT2D eigenvalue weighted by Crippen LogP contribution is -2.07. The molecule has 16 N–H and O–H groups in total. The molecule has 0 aliphatic rings. The maximum absolute atomic E-state index is 10.4. The Morgan fingerprint density at radius 1 is 0.552 bits per heavy atom. The van der Waals surface area contributed by atoms with E-state index in [1.807, 2.05) is 102 Å². The number of primary amides is 1. The first-order chi connectivity index (χ1) is 26.9. The van der Waals surface area contributed by atoms with Crippen molar-refractivity contribution in [3.05, 3.63) is 140 Å². The Hall–Kier alpha value is -6.92. The Bertz CT molecular complexity index is 2070. The standard InChI is InChI=1S/4C6H8N2.C6H7NOS.C5H8N4.C4H6N2S.CH4/c1-5-2-3-6(7)8-4-5;1-5-3-2-4-8-6(5)7;2*1-5-3-2-4-6(7)8-5;1-4-2-3-5(9-4)6(7)8;1-3-2-8-5(7)9-4(3)6;1-3-2-7-4(5)6-3;/h4*2-4H,1H3,(H2,7,8);2-3H,1H3,(H2,7,8);2H,1H3,(H4,6,7,8,9);2H,1H3,(H2,5,6);1H4. The van der Waals surface area contributed by atoms with E-state index >= 15 is 0 Å². The third kappa shape index (κ3) is 23.8. The molecule has 0 saturated carbocycles. The van der Waals surface area contributed by atoms with Crippen molar-refractivity contribution >= 4 is 68.7 Å². The molecule has 0 atom stereocenters. The first-order valence-electron chi connectivity index (χ1n) is 17.0. The summed E-state index contributed by atoms with van der Waals surface area (Å²) in [5, 5.41) is 2.58. The predicted molar refractivity (Wildman–Crippen MR) is 245 cm³/mol. The van der Waals surface area contributed by atoms with Gasteiger partial charge in [0.05, 0.1) is 10.6 Å². The summed E-state index contributed by atoms with van der Waals surface area (Å²) < 4.78 is 0. The van der Waals surface area contributed by atoms with E-state index in [0.717, 1.165) is 38.6 Å². The monoisotopic (exact) mass is 827 g/mol. The van der Waals surface area contributed by atoms with Crippen LogP contribution in [0.5, 0.6) is 0 Å². The van der Waals surface area contributed by atoms with Crippen molar-refractivity contribution in [1.82, 2.24) is 34.9 Å². The largest absolute Gasteiger partial charge is 0.384 e. The SMILES string of the molecule is C.Cc1ccc(C(N)=O)s1.Cc1ccc(N)nc1.Cc1cccc(N)n1.Cc1cccc(N)n1.Cc1cccnc1N.Cc1cnc(N)nc1N.Cc1csc(N)n1. The van der Waals surface area contributed by atoms with Crippen LogP contribution in [0.15, 0.2) is 96.8 Å². The van der Waals surface area contributed by atoms with Crippen molar-refractivity contribution in [2.24, 2.45) is 5.73 Å². The minimum atomic E-state index is -0.340. The second kappa shape index (κ2) is 27.6. The number of nitrogen functional groups attached to an aromatic ring is 7. The zero-order valence-corrected chi connectivity index (χ0v) is 34.8. The second-order valence-corrected chi connectivity index (χ2v) is 13.9. The van der Waals surface area contributed by atoms with Gasteiger partial charge in [-0.1, -0.05) is 31.7 Å². The molecule has 0 aliphatic carbocycles. The average molecular weight is 828 g/mol. The molecule has 0 radical (unpaired) electrons. The van der Waals surface area contributed by atoms with Gasteiger partial charge in [-0.3, -0.25) is 4.79 Å². The number of thiophene rings is 1. The van der Waals surface area contributed by atoms with Crippen molar-refractivity contribution in [3.63, 3.8) is 0 Å². The van der Waals surface area contributed by atoms with E-state index in [1.54, 1.807) is 42.9 Å². The number of nitrogens with two attached hydrogens (primary N) is 8. The normalized spacial score (nSPS) is 9.09. The van der Waals surface area contributed by atoms with Crippen LogP contribution in [-0.2, 0) is 0 Å². The second-order valence-electron chi connectivity index (χ2n) is 11.8. The Balaban J connectivity index is 0.000000652. The Labute approximate surface area is 349 Å². The number of anilines is 7. The zero-order valence-electron chi connectivity index (χ0n) is 33.2. The molecule has 1 amide bonds. The van der Waals surface area contributed by atoms with Gasteiger partial charge >= 0.3 is 0 Å². The van der Waals surface area contributed by atoms with Crippen molar-refractivity contribution in [1.29, 1.82) is 0 Å². The molecule has 0 aliphatic heterocycles. The van der Waals surface area contributed by atoms with Crippen LogP contribution in [0.3, 0.4) is 0 Å². The number of rotatable bonds is 1. The number of pyridine rings is 4. The third-order valence-electron chi connectivity index (χ3n) is 6.45. The molecule has 0 fully saturated rings. The van der Waals surface area contributed by atoms with Gasteiger partial charge in [-0.2, -0.15) is 4.98 Å². The number of aryl methyl sites for hydroxylation is 7. The molecular weight excluding hydrogens is 771 g/mol. The van der Waals surface area contributed by atoms with Crippen molar-refractivity contribution < 1.29 is 4.79 Å². The van der Waals surface area contributed by atoms with Crippen LogP contribution in [-0.4, -0.2) is 40.8 Å². The molecule has 18 heteroatoms. The highest BCUT2D eigenvalue weighted by molar-refractivity contribution is 7.14. The predicted octanol–water partition coefficient (Wildman–Crippen LogP) is 6.66. The number of thiazole rings is 1. The van der Waals surface area contributed by atoms with Gasteiger partial charge in [0.2, 0.25) is 5.95 Å². The average Bonchev–Trinajstić information content (AvgIpc) is 3.77. The van der Waals surface area contributed by atoms with E-state index in [-0.39, 0.29) is 19.3 Å². The van der Waals surface area contributed by atoms with Crippen LogP contribution in [0.1, 0.15) is 55.7 Å². The lowest BCUT2D eigenvalue weighted by molar-refractivity contribution is 0.100. The highest BCUT2D eigenvalue weighted by Gasteiger charge is 2.00. The number of amides is 1. The molecule has 7 aromatic heterocycles. The van der Waals surface area contributed by atoms with E-state index in [9.17, 15) is 4.79 Å². The molecular formula is C40H57N15OS2. The topological polar surface area (TPSA) is 315 Å². The van der Waals surface area contributed by atoms with E-state index in [2.05, 4.69) is 34.9 Å². The zero-order chi connectivity index (χ0) is 42.9. The van der Waals surface area contributed by atoms with Crippen molar-refractivity contribution in [2.45, 2.75) is 55.9 Å². The number of hydrogen-bond acceptors (Lipinski definition) is 17. The van der Waals surface area contributed by atoms with E-state index in [1.165, 1.54) is 22.7 Å². The Morgan fingerprint density at radius 3 is 1.43 bits per heavy atom. The summed E-state index contributed by atoms with van der Waals surface area (Å²) in [5.41, 5.74) is 48.3. The van der Waals surface area contributed by atoms with Crippen LogP contribution in [0.2, 0.25) is 0 Å². The molecule has 7 heterocycles. The summed E-state index contributed by atoms with van der Waals surface area (Å²) in [6, 6.07) is 22.3. The summed E-state index contributed by atoms with van der Waals surface area (Å²) in [4.78, 5) is 39.2. The smallest absolute Gasteiger partial charge is 0.258 e. The van der Waals surface area contributed by atoms with Gasteiger partial charge in [-0.25, -0.2) is 29.9 Å². The molecule has 310 valence electrons. The summed E-state index contributed by atoms with van der Waals surface area (Å²) >= 11 is 2.89. The van der Waals surface area contributed by atoms with Gasteiger partial charge in [-0.05, 0) is 108 Å². The van der Waals surface area contributed by atoms with E-state index in [4.69, 9.17) is 45.9 Å². The Kier molecular flexibility index (Phi) is 24.3. The molecule has 58 heavy (non-hydrogen) atoms. The van der Waals surface area contributed by atoms with Crippen LogP contribution in [0.25, 0.3) is 0 Å². The van der Waals surface area contributed by atoms with Gasteiger partial charge in [-0.15, -0.1) is 22.7 Å². The van der Waals surface area contributed by atoms with Gasteiger partial charge in [0, 0.05) is 45.8 Å². The van der Waals surface area contributed by atoms with Crippen LogP contribution >= 0.6 is 22.7 Å². The molecule has 0 unspecified atom stereocenters. The summed E-state index contributed by atoms with van der Waals surface area (Å²) in [5.74, 6) is 2.70. The molecule has 0 spiro atoms. The fourth-order valence-corrected chi connectivity index (χ4v) is 4.77. The van der Waals surface area contributed by atoms with Crippen LogP contribution < -0.4 is 45.9 Å². The van der Waals surface area contributed by atoms with E-state index < -0.39 is 0 Å². The highest BCUT2D eigenvalue weighted by Crippen LogP contribution is 2.13. The number of carbonyl (C=O) groups is 1. The summed E-state index contributed by atoms with van der Waals surface area (Å²) in [7, 11) is 0. The lowest BCUT2D eigenvalue weighted by atomic mass is 10.3. The van der Waals surface area contributed by atoms with Gasteiger partial charge in [0.25, 0.3) is 5.91 Å². The van der Waals surface area contributed by atoms with Crippen molar-refractivity contribution in [3.8, 4) is 0 Å². The fraction of sp³-hybridized carbons (Fsp3) is 0.200. The van der Waals surface area contributed by atoms with Crippen LogP contribution in [0.4, 0.5) is 40.2 Å². The highest BCUT2D eigenvalue weighted by atomic mass is 32.1. The maximum Gasteiger partial charge on any atom is 0.258 e. The molecule has 0 bridgehead atoms. The van der Waals surface area contributed by atoms with Crippen LogP contribution in [0, 0.1) is 48.5 Å². The van der Waals surface area contributed by atoms with Gasteiger partial charge < -0.3 is 45.9 Å². The minimum absolute atomic E-state index is 0. The lowest BCUT2D eigenvalue weighted by Gasteiger charge is -1.96.